The van der Waals surface area contributed by atoms with Crippen LogP contribution in [0.25, 0.3) is 0 Å². The molecule has 2 unspecified atom stereocenters. The van der Waals surface area contributed by atoms with Crippen molar-refractivity contribution in [3.63, 3.8) is 0 Å². The van der Waals surface area contributed by atoms with Crippen LogP contribution < -0.4 is 10.0 Å². The maximum Gasteiger partial charge on any atom is 0.188 e. The number of hydrogen-bond donors (Lipinski definition) is 0. The summed E-state index contributed by atoms with van der Waals surface area (Å²) in [7, 11) is 2.42. The first-order chi connectivity index (χ1) is 12.8. The molecule has 0 saturated carbocycles. The van der Waals surface area contributed by atoms with Gasteiger partial charge in [-0.1, -0.05) is 58.3 Å². The van der Waals surface area contributed by atoms with Crippen LogP contribution in [0.3, 0.4) is 0 Å². The molecule has 2 rings (SSSR count). The zero-order valence-corrected chi connectivity index (χ0v) is 19.7. The van der Waals surface area contributed by atoms with E-state index < -0.39 is 0 Å². The van der Waals surface area contributed by atoms with Crippen molar-refractivity contribution in [2.45, 2.75) is 45.4 Å². The molecule has 0 amide bonds. The van der Waals surface area contributed by atoms with Crippen molar-refractivity contribution in [3.8, 4) is 5.75 Å². The number of rotatable bonds is 9. The van der Waals surface area contributed by atoms with Gasteiger partial charge in [0, 0.05) is 17.8 Å². The average Bonchev–Trinajstić information content (AvgIpc) is 2.63. The first-order valence-corrected chi connectivity index (χ1v) is 13.0. The molecule has 27 heavy (non-hydrogen) atoms. The van der Waals surface area contributed by atoms with Crippen molar-refractivity contribution >= 4 is 21.8 Å². The van der Waals surface area contributed by atoms with Crippen molar-refractivity contribution in [2.75, 3.05) is 27.2 Å². The van der Waals surface area contributed by atoms with Crippen LogP contribution in [0, 0.1) is 13.8 Å². The predicted octanol–water partition coefficient (Wildman–Crippen LogP) is 6.16. The molecule has 0 radical (unpaired) electrons. The van der Waals surface area contributed by atoms with E-state index in [0.717, 1.165) is 12.2 Å². The van der Waals surface area contributed by atoms with E-state index in [1.807, 2.05) is 0 Å². The summed E-state index contributed by atoms with van der Waals surface area (Å²) in [5, 5.41) is 1.58. The van der Waals surface area contributed by atoms with Gasteiger partial charge in [-0.05, 0) is 62.3 Å². The van der Waals surface area contributed by atoms with E-state index in [1.54, 1.807) is 7.11 Å². The number of hydrogen-bond acceptors (Lipinski definition) is 2. The molecule has 0 aliphatic heterocycles. The Kier molecular flexibility index (Phi) is 8.29. The van der Waals surface area contributed by atoms with E-state index in [0.29, 0.717) is 8.58 Å². The lowest BCUT2D eigenvalue weighted by Crippen LogP contribution is -2.22. The van der Waals surface area contributed by atoms with E-state index >= 15 is 0 Å². The number of aryl methyl sites for hydroxylation is 2. The molecule has 0 heterocycles. The van der Waals surface area contributed by atoms with Gasteiger partial charge in [0.05, 0.1) is 0 Å². The number of methoxy groups -OCH3 is 1. The molecule has 4 heteroatoms. The summed E-state index contributed by atoms with van der Waals surface area (Å²) in [6.45, 7) is 14.1. The third-order valence-corrected chi connectivity index (χ3v) is 8.13. The van der Waals surface area contributed by atoms with E-state index in [2.05, 4.69) is 77.4 Å². The van der Waals surface area contributed by atoms with Gasteiger partial charge in [0.15, 0.2) is 6.79 Å². The third kappa shape index (κ3) is 5.77. The topological polar surface area (TPSA) is 18.5 Å². The molecule has 0 bridgehead atoms. The smallest absolute Gasteiger partial charge is 0.188 e. The number of benzene rings is 2. The Bertz CT molecular complexity index is 758. The summed E-state index contributed by atoms with van der Waals surface area (Å²) < 4.78 is 11.1. The van der Waals surface area contributed by atoms with Crippen LogP contribution in [-0.2, 0) is 16.1 Å². The van der Waals surface area contributed by atoms with Gasteiger partial charge in [-0.2, -0.15) is 0 Å². The summed E-state index contributed by atoms with van der Waals surface area (Å²) >= 11 is 0. The maximum absolute atomic E-state index is 5.94. The van der Waals surface area contributed by atoms with E-state index in [1.165, 1.54) is 33.7 Å². The third-order valence-electron chi connectivity index (χ3n) is 5.02. The maximum atomic E-state index is 5.94. The van der Waals surface area contributed by atoms with Crippen LogP contribution in [-0.4, -0.2) is 27.2 Å². The normalized spacial score (nSPS) is 14.1. The molecule has 2 atom stereocenters. The molecule has 148 valence electrons. The molecule has 0 aliphatic carbocycles. The Morgan fingerprint density at radius 2 is 1.85 bits per heavy atom. The molecule has 0 fully saturated rings. The quantitative estimate of drug-likeness (QED) is 0.368. The van der Waals surface area contributed by atoms with E-state index in [4.69, 9.17) is 9.47 Å². The van der Waals surface area contributed by atoms with Crippen molar-refractivity contribution in [1.29, 1.82) is 0 Å². The fourth-order valence-electron chi connectivity index (χ4n) is 3.33. The van der Waals surface area contributed by atoms with Crippen molar-refractivity contribution in [3.05, 3.63) is 58.7 Å². The van der Waals surface area contributed by atoms with Crippen LogP contribution >= 0.6 is 16.5 Å². The van der Waals surface area contributed by atoms with Crippen LogP contribution in [0.5, 0.6) is 5.75 Å². The van der Waals surface area contributed by atoms with Crippen LogP contribution in [0.15, 0.2) is 36.4 Å². The molecule has 2 nitrogen and oxygen atoms in total. The lowest BCUT2D eigenvalue weighted by atomic mass is 9.95. The Morgan fingerprint density at radius 3 is 2.48 bits per heavy atom. The Labute approximate surface area is 168 Å². The van der Waals surface area contributed by atoms with E-state index in [-0.39, 0.29) is 19.9 Å². The lowest BCUT2D eigenvalue weighted by Gasteiger charge is -2.33. The first-order valence-electron chi connectivity index (χ1n) is 9.55. The highest BCUT2D eigenvalue weighted by Crippen LogP contribution is 2.49. The molecular weight excluding hydrogens is 370 g/mol. The summed E-state index contributed by atoms with van der Waals surface area (Å²) in [5.41, 5.74) is 5.50. The molecule has 2 aromatic carbocycles. The van der Waals surface area contributed by atoms with Gasteiger partial charge >= 0.3 is 0 Å². The highest BCUT2D eigenvalue weighted by molar-refractivity contribution is 7.55. The molecule has 0 aromatic heterocycles. The fourth-order valence-corrected chi connectivity index (χ4v) is 6.09. The second-order valence-corrected chi connectivity index (χ2v) is 12.0. The minimum Gasteiger partial charge on any atom is -0.467 e. The van der Waals surface area contributed by atoms with Gasteiger partial charge in [0.25, 0.3) is 0 Å². The average molecular weight is 404 g/mol. The Morgan fingerprint density at radius 1 is 1.11 bits per heavy atom. The minimum absolute atomic E-state index is 0.0384. The van der Waals surface area contributed by atoms with Gasteiger partial charge in [0.1, 0.15) is 5.75 Å². The minimum atomic E-state index is 0.0384. The molecule has 0 saturated heterocycles. The van der Waals surface area contributed by atoms with Gasteiger partial charge in [-0.25, -0.2) is 0 Å². The monoisotopic (exact) mass is 404 g/mol. The van der Waals surface area contributed by atoms with Gasteiger partial charge < -0.3 is 9.47 Å². The first kappa shape index (κ1) is 22.4. The van der Waals surface area contributed by atoms with Crippen molar-refractivity contribution < 1.29 is 9.47 Å². The van der Waals surface area contributed by atoms with E-state index in [9.17, 15) is 0 Å². The van der Waals surface area contributed by atoms with Gasteiger partial charge in [-0.3, -0.25) is 0 Å². The lowest BCUT2D eigenvalue weighted by molar-refractivity contribution is 0.0500. The molecule has 0 aliphatic rings. The molecule has 0 spiro atoms. The second-order valence-electron chi connectivity index (χ2n) is 7.71. The summed E-state index contributed by atoms with van der Waals surface area (Å²) in [6.07, 6.45) is 2.26. The van der Waals surface area contributed by atoms with Crippen molar-refractivity contribution in [1.82, 2.24) is 0 Å². The van der Waals surface area contributed by atoms with Crippen LogP contribution in [0.1, 0.15) is 42.5 Å². The molecule has 2 aromatic rings. The molecule has 0 N–H and O–H groups in total. The largest absolute Gasteiger partial charge is 0.467 e. The number of ether oxygens (including phenoxy) is 2. The van der Waals surface area contributed by atoms with Crippen LogP contribution in [0.4, 0.5) is 0 Å². The summed E-state index contributed by atoms with van der Waals surface area (Å²) in [4.78, 5) is 0. The summed E-state index contributed by atoms with van der Waals surface area (Å²) in [5.74, 6) is 0.947. The van der Waals surface area contributed by atoms with Gasteiger partial charge in [-0.15, -0.1) is 7.92 Å². The van der Waals surface area contributed by atoms with Gasteiger partial charge in [0.2, 0.25) is 0 Å². The fraction of sp³-hybridized carbons (Fsp3) is 0.478. The highest BCUT2D eigenvalue weighted by atomic mass is 31.1. The zero-order chi connectivity index (χ0) is 20.0. The van der Waals surface area contributed by atoms with Crippen LogP contribution in [0.2, 0.25) is 0 Å². The zero-order valence-electron chi connectivity index (χ0n) is 17.8. The predicted molar refractivity (Wildman–Crippen MR) is 123 cm³/mol. The Balaban J connectivity index is 2.49. The molecular formula is C23H34O2P2. The highest BCUT2D eigenvalue weighted by Gasteiger charge is 2.30. The SMILES string of the molecule is CCC(C)(Pc1c(C)cccc1CP(C)C)c1cc(C)ccc1OCOC. The second kappa shape index (κ2) is 10.0. The Hall–Kier alpha value is -0.940. The van der Waals surface area contributed by atoms with Crippen molar-refractivity contribution in [2.24, 2.45) is 0 Å². The summed E-state index contributed by atoms with van der Waals surface area (Å²) in [6, 6.07) is 13.3. The standard InChI is InChI=1S/C23H34O2P2/c1-8-23(4,20-14-17(2)12-13-21(20)25-16-24-5)26-22-18(3)10-9-11-19(22)15-27(6)7/h9-14,26H,8,15-16H2,1-7H3.